The second-order valence-electron chi connectivity index (χ2n) is 5.54. The molecule has 0 saturated carbocycles. The molecule has 3 rings (SSSR count). The molecule has 5 heteroatoms. The van der Waals surface area contributed by atoms with Crippen LogP contribution in [0.2, 0.25) is 0 Å². The zero-order valence-electron chi connectivity index (χ0n) is 12.1. The molecule has 2 aromatic heterocycles. The second-order valence-corrected chi connectivity index (χ2v) is 5.54. The number of likely N-dealkylation sites (tertiary alicyclic amines) is 1. The third-order valence-electron chi connectivity index (χ3n) is 4.01. The van der Waals surface area contributed by atoms with E-state index in [1.807, 2.05) is 25.4 Å². The second kappa shape index (κ2) is 5.71. The van der Waals surface area contributed by atoms with E-state index in [1.54, 1.807) is 0 Å². The number of aromatic nitrogens is 4. The van der Waals surface area contributed by atoms with Crippen LogP contribution in [-0.2, 0) is 6.54 Å². The van der Waals surface area contributed by atoms with Gasteiger partial charge in [0.1, 0.15) is 5.82 Å². The first-order valence-corrected chi connectivity index (χ1v) is 7.26. The minimum absolute atomic E-state index is 0.432. The summed E-state index contributed by atoms with van der Waals surface area (Å²) in [6.45, 7) is 6.06. The molecule has 1 aliphatic heterocycles. The molecule has 0 amide bonds. The molecule has 1 N–H and O–H groups in total. The van der Waals surface area contributed by atoms with E-state index in [0.717, 1.165) is 24.6 Å². The van der Waals surface area contributed by atoms with E-state index in [2.05, 4.69) is 32.0 Å². The van der Waals surface area contributed by atoms with Crippen molar-refractivity contribution in [3.05, 3.63) is 41.2 Å². The fraction of sp³-hybridized carbons (Fsp3) is 0.533. The van der Waals surface area contributed by atoms with Crippen LogP contribution in [-0.4, -0.2) is 31.6 Å². The average Bonchev–Trinajstić information content (AvgIpc) is 2.86. The van der Waals surface area contributed by atoms with Gasteiger partial charge in [0.05, 0.1) is 23.6 Å². The van der Waals surface area contributed by atoms with E-state index < -0.39 is 0 Å². The Hall–Kier alpha value is -1.75. The monoisotopic (exact) mass is 271 g/mol. The number of H-pyrrole nitrogens is 1. The van der Waals surface area contributed by atoms with Crippen LogP contribution in [0, 0.1) is 13.8 Å². The molecule has 2 aromatic rings. The molecule has 1 fully saturated rings. The van der Waals surface area contributed by atoms with Gasteiger partial charge in [0.2, 0.25) is 0 Å². The smallest absolute Gasteiger partial charge is 0.125 e. The van der Waals surface area contributed by atoms with E-state index in [1.165, 1.54) is 30.5 Å². The molecule has 0 bridgehead atoms. The van der Waals surface area contributed by atoms with E-state index in [-0.39, 0.29) is 0 Å². The third-order valence-corrected chi connectivity index (χ3v) is 4.01. The molecule has 0 spiro atoms. The number of aromatic amines is 1. The molecule has 5 nitrogen and oxygen atoms in total. The molecule has 0 aromatic carbocycles. The first kappa shape index (κ1) is 13.2. The van der Waals surface area contributed by atoms with E-state index in [4.69, 9.17) is 0 Å². The zero-order chi connectivity index (χ0) is 13.9. The lowest BCUT2D eigenvalue weighted by atomic mass is 9.97. The summed E-state index contributed by atoms with van der Waals surface area (Å²) in [6, 6.07) is 2.44. The molecular formula is C15H21N5. The fourth-order valence-electron chi connectivity index (χ4n) is 3.00. The number of nitrogens with one attached hydrogen (secondary N) is 1. The minimum Gasteiger partial charge on any atom is -0.289 e. The minimum atomic E-state index is 0.432. The van der Waals surface area contributed by atoms with Gasteiger partial charge < -0.3 is 0 Å². The van der Waals surface area contributed by atoms with Crippen molar-refractivity contribution in [1.82, 2.24) is 25.1 Å². The molecule has 1 saturated heterocycles. The fourth-order valence-corrected chi connectivity index (χ4v) is 3.00. The van der Waals surface area contributed by atoms with Crippen molar-refractivity contribution < 1.29 is 0 Å². The molecular weight excluding hydrogens is 250 g/mol. The lowest BCUT2D eigenvalue weighted by Gasteiger charge is -2.35. The SMILES string of the molecule is Cc1nccc(CN2CCCC[C@@H]2c2[nH]ncc2C)n1. The van der Waals surface area contributed by atoms with Gasteiger partial charge in [0.15, 0.2) is 0 Å². The summed E-state index contributed by atoms with van der Waals surface area (Å²) in [6.07, 6.45) is 7.48. The molecule has 1 atom stereocenters. The van der Waals surface area contributed by atoms with Gasteiger partial charge >= 0.3 is 0 Å². The van der Waals surface area contributed by atoms with Crippen LogP contribution >= 0.6 is 0 Å². The van der Waals surface area contributed by atoms with Crippen LogP contribution in [0.3, 0.4) is 0 Å². The van der Waals surface area contributed by atoms with Crippen molar-refractivity contribution in [3.63, 3.8) is 0 Å². The topological polar surface area (TPSA) is 57.7 Å². The number of aryl methyl sites for hydroxylation is 2. The molecule has 0 radical (unpaired) electrons. The summed E-state index contributed by atoms with van der Waals surface area (Å²) in [7, 11) is 0. The molecule has 1 aliphatic rings. The maximum Gasteiger partial charge on any atom is 0.125 e. The molecule has 0 unspecified atom stereocenters. The maximum absolute atomic E-state index is 4.53. The molecule has 0 aliphatic carbocycles. The van der Waals surface area contributed by atoms with Gasteiger partial charge in [-0.25, -0.2) is 9.97 Å². The predicted octanol–water partition coefficient (Wildman–Crippen LogP) is 2.54. The van der Waals surface area contributed by atoms with Crippen LogP contribution in [0.5, 0.6) is 0 Å². The summed E-state index contributed by atoms with van der Waals surface area (Å²) < 4.78 is 0. The Morgan fingerprint density at radius 1 is 1.35 bits per heavy atom. The Morgan fingerprint density at radius 3 is 3.00 bits per heavy atom. The van der Waals surface area contributed by atoms with Gasteiger partial charge in [-0.05, 0) is 44.9 Å². The third kappa shape index (κ3) is 2.72. The Kier molecular flexibility index (Phi) is 3.78. The normalized spacial score (nSPS) is 20.2. The first-order valence-electron chi connectivity index (χ1n) is 7.26. The predicted molar refractivity (Wildman–Crippen MR) is 77.1 cm³/mol. The summed E-state index contributed by atoms with van der Waals surface area (Å²) in [5, 5.41) is 7.35. The van der Waals surface area contributed by atoms with Crippen molar-refractivity contribution in [2.75, 3.05) is 6.54 Å². The summed E-state index contributed by atoms with van der Waals surface area (Å²) in [5.41, 5.74) is 3.61. The van der Waals surface area contributed by atoms with Gasteiger partial charge in [-0.3, -0.25) is 10.00 Å². The molecule has 106 valence electrons. The lowest BCUT2D eigenvalue weighted by molar-refractivity contribution is 0.135. The van der Waals surface area contributed by atoms with Crippen LogP contribution < -0.4 is 0 Å². The van der Waals surface area contributed by atoms with Gasteiger partial charge in [0, 0.05) is 12.7 Å². The Bertz CT molecular complexity index is 577. The number of hydrogen-bond donors (Lipinski definition) is 1. The van der Waals surface area contributed by atoms with Crippen molar-refractivity contribution in [2.45, 2.75) is 45.7 Å². The van der Waals surface area contributed by atoms with Gasteiger partial charge in [-0.15, -0.1) is 0 Å². The number of rotatable bonds is 3. The van der Waals surface area contributed by atoms with Crippen molar-refractivity contribution in [3.8, 4) is 0 Å². The summed E-state index contributed by atoms with van der Waals surface area (Å²) in [5.74, 6) is 0.841. The lowest BCUT2D eigenvalue weighted by Crippen LogP contribution is -2.33. The standard InChI is InChI=1S/C15H21N5/c1-11-9-17-19-15(11)14-5-3-4-8-20(14)10-13-6-7-16-12(2)18-13/h6-7,9,14H,3-5,8,10H2,1-2H3,(H,17,19)/t14-/m1/s1. The highest BCUT2D eigenvalue weighted by Crippen LogP contribution is 2.32. The zero-order valence-corrected chi connectivity index (χ0v) is 12.1. The Morgan fingerprint density at radius 2 is 2.25 bits per heavy atom. The summed E-state index contributed by atoms with van der Waals surface area (Å²) in [4.78, 5) is 11.2. The van der Waals surface area contributed by atoms with Crippen LogP contribution in [0.25, 0.3) is 0 Å². The maximum atomic E-state index is 4.53. The average molecular weight is 271 g/mol. The highest BCUT2D eigenvalue weighted by molar-refractivity contribution is 5.19. The molecule has 20 heavy (non-hydrogen) atoms. The number of hydrogen-bond acceptors (Lipinski definition) is 4. The Balaban J connectivity index is 1.81. The first-order chi connectivity index (χ1) is 9.74. The largest absolute Gasteiger partial charge is 0.289 e. The highest BCUT2D eigenvalue weighted by atomic mass is 15.2. The van der Waals surface area contributed by atoms with Crippen LogP contribution in [0.1, 0.15) is 48.1 Å². The van der Waals surface area contributed by atoms with Gasteiger partial charge in [0.25, 0.3) is 0 Å². The quantitative estimate of drug-likeness (QED) is 0.932. The highest BCUT2D eigenvalue weighted by Gasteiger charge is 2.26. The van der Waals surface area contributed by atoms with Crippen molar-refractivity contribution in [1.29, 1.82) is 0 Å². The van der Waals surface area contributed by atoms with Crippen LogP contribution in [0.4, 0.5) is 0 Å². The summed E-state index contributed by atoms with van der Waals surface area (Å²) >= 11 is 0. The van der Waals surface area contributed by atoms with E-state index in [9.17, 15) is 0 Å². The van der Waals surface area contributed by atoms with Crippen LogP contribution in [0.15, 0.2) is 18.5 Å². The van der Waals surface area contributed by atoms with Gasteiger partial charge in [-0.1, -0.05) is 6.42 Å². The Labute approximate surface area is 119 Å². The van der Waals surface area contributed by atoms with E-state index >= 15 is 0 Å². The number of nitrogens with zero attached hydrogens (tertiary/aromatic N) is 4. The van der Waals surface area contributed by atoms with Crippen molar-refractivity contribution >= 4 is 0 Å². The van der Waals surface area contributed by atoms with E-state index in [0.29, 0.717) is 6.04 Å². The number of piperidine rings is 1. The van der Waals surface area contributed by atoms with Crippen molar-refractivity contribution in [2.24, 2.45) is 0 Å². The van der Waals surface area contributed by atoms with Gasteiger partial charge in [-0.2, -0.15) is 5.10 Å². The molecule has 3 heterocycles.